The fraction of sp³-hybridized carbons (Fsp3) is 0.148. The van der Waals surface area contributed by atoms with Gasteiger partial charge in [0, 0.05) is 33.8 Å². The Hall–Kier alpha value is -6.38. The summed E-state index contributed by atoms with van der Waals surface area (Å²) in [6, 6.07) is 70.8. The fourth-order valence-electron chi connectivity index (χ4n) is 8.63. The lowest BCUT2D eigenvalue weighted by molar-refractivity contribution is 0.332. The molecule has 0 fully saturated rings. The SMILES string of the molecule is CC1(C)CCC(C)(C)c2cc(N(c3ccc(-c4ccccc4)cc3)c3cccc(-c4ccc(N(c5ccccc5)c5cccc6ccccc56)cc4)c3)ccc21. The number of benzene rings is 8. The number of fused-ring (bicyclic) bond motifs is 2. The molecule has 0 atom stereocenters. The van der Waals surface area contributed by atoms with E-state index >= 15 is 0 Å². The van der Waals surface area contributed by atoms with Crippen LogP contribution in [-0.2, 0) is 10.8 Å². The quantitative estimate of drug-likeness (QED) is 0.154. The van der Waals surface area contributed by atoms with Crippen molar-refractivity contribution < 1.29 is 0 Å². The minimum atomic E-state index is 0.104. The van der Waals surface area contributed by atoms with Crippen LogP contribution in [0.1, 0.15) is 51.7 Å². The molecule has 2 nitrogen and oxygen atoms in total. The number of rotatable bonds is 8. The molecule has 0 amide bonds. The highest BCUT2D eigenvalue weighted by molar-refractivity contribution is 5.99. The maximum Gasteiger partial charge on any atom is 0.0540 e. The van der Waals surface area contributed by atoms with Gasteiger partial charge in [0.1, 0.15) is 0 Å². The number of nitrogens with zero attached hydrogens (tertiary/aromatic N) is 2. The van der Waals surface area contributed by atoms with E-state index < -0.39 is 0 Å². The summed E-state index contributed by atoms with van der Waals surface area (Å²) in [6.45, 7) is 9.62. The van der Waals surface area contributed by atoms with Gasteiger partial charge < -0.3 is 9.80 Å². The molecule has 0 heterocycles. The van der Waals surface area contributed by atoms with Crippen molar-refractivity contribution in [3.63, 3.8) is 0 Å². The summed E-state index contributed by atoms with van der Waals surface area (Å²) in [4.78, 5) is 4.80. The second kappa shape index (κ2) is 14.4. The molecule has 1 aliphatic carbocycles. The van der Waals surface area contributed by atoms with Crippen molar-refractivity contribution in [3.05, 3.63) is 205 Å². The lowest BCUT2D eigenvalue weighted by Crippen LogP contribution is -2.34. The zero-order valence-corrected chi connectivity index (χ0v) is 32.8. The Morgan fingerprint density at radius 1 is 0.339 bits per heavy atom. The Bertz CT molecular complexity index is 2620. The largest absolute Gasteiger partial charge is 0.310 e. The highest BCUT2D eigenvalue weighted by Crippen LogP contribution is 2.48. The van der Waals surface area contributed by atoms with Crippen LogP contribution in [-0.4, -0.2) is 0 Å². The first kappa shape index (κ1) is 35.3. The standard InChI is InChI=1S/C54H48N2/c1-53(2)35-36-54(3,4)51-38-48(33-34-50(51)53)55(45-29-25-40(26-30-45)39-15-7-5-8-16-39)47-22-13-19-43(37-47)41-27-31-46(32-28-41)56(44-20-9-6-10-21-44)52-24-14-18-42-17-11-12-23-49(42)52/h5-34,37-38H,35-36H2,1-4H3. The number of para-hydroxylation sites is 1. The zero-order chi connectivity index (χ0) is 38.3. The summed E-state index contributed by atoms with van der Waals surface area (Å²) < 4.78 is 0. The third kappa shape index (κ3) is 6.66. The number of hydrogen-bond donors (Lipinski definition) is 0. The van der Waals surface area contributed by atoms with Crippen molar-refractivity contribution in [2.75, 3.05) is 9.80 Å². The second-order valence-corrected chi connectivity index (χ2v) is 16.5. The first-order chi connectivity index (χ1) is 27.2. The Labute approximate surface area is 332 Å². The molecule has 0 aromatic heterocycles. The van der Waals surface area contributed by atoms with Crippen LogP contribution in [0.3, 0.4) is 0 Å². The molecule has 56 heavy (non-hydrogen) atoms. The highest BCUT2D eigenvalue weighted by Gasteiger charge is 2.37. The molecule has 0 radical (unpaired) electrons. The van der Waals surface area contributed by atoms with Crippen LogP contribution in [0, 0.1) is 0 Å². The van der Waals surface area contributed by atoms with Crippen molar-refractivity contribution in [2.45, 2.75) is 51.4 Å². The number of hydrogen-bond acceptors (Lipinski definition) is 2. The van der Waals surface area contributed by atoms with E-state index in [9.17, 15) is 0 Å². The van der Waals surface area contributed by atoms with E-state index in [1.54, 1.807) is 0 Å². The van der Waals surface area contributed by atoms with Gasteiger partial charge in [-0.05, 0) is 129 Å². The molecule has 0 unspecified atom stereocenters. The molecule has 0 saturated heterocycles. The van der Waals surface area contributed by atoms with Gasteiger partial charge >= 0.3 is 0 Å². The Balaban J connectivity index is 1.12. The van der Waals surface area contributed by atoms with Gasteiger partial charge in [0.25, 0.3) is 0 Å². The fourth-order valence-corrected chi connectivity index (χ4v) is 8.63. The average molecular weight is 725 g/mol. The lowest BCUT2D eigenvalue weighted by atomic mass is 9.63. The average Bonchev–Trinajstić information content (AvgIpc) is 3.24. The Morgan fingerprint density at radius 2 is 0.804 bits per heavy atom. The van der Waals surface area contributed by atoms with E-state index in [0.29, 0.717) is 0 Å². The van der Waals surface area contributed by atoms with Crippen LogP contribution in [0.25, 0.3) is 33.0 Å². The zero-order valence-electron chi connectivity index (χ0n) is 32.8. The molecule has 274 valence electrons. The van der Waals surface area contributed by atoms with Crippen LogP contribution in [0.15, 0.2) is 194 Å². The number of anilines is 6. The molecular weight excluding hydrogens is 677 g/mol. The van der Waals surface area contributed by atoms with E-state index in [0.717, 1.165) is 28.4 Å². The summed E-state index contributed by atoms with van der Waals surface area (Å²) in [6.07, 6.45) is 2.37. The predicted molar refractivity (Wildman–Crippen MR) is 239 cm³/mol. The second-order valence-electron chi connectivity index (χ2n) is 16.5. The molecule has 0 aliphatic heterocycles. The van der Waals surface area contributed by atoms with Crippen LogP contribution in [0.5, 0.6) is 0 Å². The molecular formula is C54H48N2. The van der Waals surface area contributed by atoms with Gasteiger partial charge in [-0.25, -0.2) is 0 Å². The normalized spacial score (nSPS) is 14.2. The molecule has 8 aromatic rings. The monoisotopic (exact) mass is 724 g/mol. The van der Waals surface area contributed by atoms with Crippen molar-refractivity contribution in [1.29, 1.82) is 0 Å². The van der Waals surface area contributed by atoms with E-state index in [-0.39, 0.29) is 10.8 Å². The van der Waals surface area contributed by atoms with Crippen molar-refractivity contribution in [3.8, 4) is 22.3 Å². The maximum absolute atomic E-state index is 2.47. The van der Waals surface area contributed by atoms with Crippen LogP contribution in [0.2, 0.25) is 0 Å². The first-order valence-corrected chi connectivity index (χ1v) is 19.9. The third-order valence-corrected chi connectivity index (χ3v) is 11.9. The third-order valence-electron chi connectivity index (χ3n) is 11.9. The van der Waals surface area contributed by atoms with E-state index in [4.69, 9.17) is 0 Å². The van der Waals surface area contributed by atoms with Crippen molar-refractivity contribution in [1.82, 2.24) is 0 Å². The topological polar surface area (TPSA) is 6.48 Å². The van der Waals surface area contributed by atoms with Gasteiger partial charge in [-0.15, -0.1) is 0 Å². The van der Waals surface area contributed by atoms with Gasteiger partial charge in [-0.3, -0.25) is 0 Å². The van der Waals surface area contributed by atoms with Crippen LogP contribution >= 0.6 is 0 Å². The van der Waals surface area contributed by atoms with E-state index in [1.165, 1.54) is 62.7 Å². The first-order valence-electron chi connectivity index (χ1n) is 19.9. The Kier molecular flexibility index (Phi) is 9.06. The van der Waals surface area contributed by atoms with Crippen LogP contribution in [0.4, 0.5) is 34.1 Å². The summed E-state index contributed by atoms with van der Waals surface area (Å²) >= 11 is 0. The van der Waals surface area contributed by atoms with Gasteiger partial charge in [-0.1, -0.05) is 155 Å². The minimum Gasteiger partial charge on any atom is -0.310 e. The van der Waals surface area contributed by atoms with Gasteiger partial charge in [0.2, 0.25) is 0 Å². The van der Waals surface area contributed by atoms with E-state index in [2.05, 4.69) is 232 Å². The maximum atomic E-state index is 2.47. The summed E-state index contributed by atoms with van der Waals surface area (Å²) in [7, 11) is 0. The summed E-state index contributed by atoms with van der Waals surface area (Å²) in [5, 5.41) is 2.45. The van der Waals surface area contributed by atoms with Gasteiger partial charge in [-0.2, -0.15) is 0 Å². The molecule has 0 saturated carbocycles. The molecule has 0 N–H and O–H groups in total. The molecule has 8 aromatic carbocycles. The molecule has 1 aliphatic rings. The summed E-state index contributed by atoms with van der Waals surface area (Å²) in [5.74, 6) is 0. The van der Waals surface area contributed by atoms with Crippen LogP contribution < -0.4 is 9.80 Å². The Morgan fingerprint density at radius 3 is 1.52 bits per heavy atom. The predicted octanol–water partition coefficient (Wildman–Crippen LogP) is 15.5. The van der Waals surface area contributed by atoms with Crippen molar-refractivity contribution in [2.24, 2.45) is 0 Å². The molecule has 9 rings (SSSR count). The minimum absolute atomic E-state index is 0.104. The van der Waals surface area contributed by atoms with Crippen molar-refractivity contribution >= 4 is 44.9 Å². The van der Waals surface area contributed by atoms with Gasteiger partial charge in [0.15, 0.2) is 0 Å². The molecule has 0 spiro atoms. The summed E-state index contributed by atoms with van der Waals surface area (Å²) in [5.41, 5.74) is 14.8. The molecule has 2 heteroatoms. The smallest absolute Gasteiger partial charge is 0.0540 e. The lowest BCUT2D eigenvalue weighted by Gasteiger charge is -2.42. The highest BCUT2D eigenvalue weighted by atomic mass is 15.1. The molecule has 0 bridgehead atoms. The van der Waals surface area contributed by atoms with Gasteiger partial charge in [0.05, 0.1) is 5.69 Å². The van der Waals surface area contributed by atoms with E-state index in [1.807, 2.05) is 0 Å².